The number of guanidine groups is 1. The van der Waals surface area contributed by atoms with Gasteiger partial charge < -0.3 is 20.1 Å². The van der Waals surface area contributed by atoms with Gasteiger partial charge in [0.1, 0.15) is 0 Å². The molecule has 166 valence electrons. The number of phenolic OH excluding ortho intramolecular Hbond substituents is 1. The second-order valence-electron chi connectivity index (χ2n) is 6.81. The van der Waals surface area contributed by atoms with Gasteiger partial charge in [-0.05, 0) is 31.5 Å². The zero-order valence-electron chi connectivity index (χ0n) is 17.0. The Morgan fingerprint density at radius 1 is 1.31 bits per heavy atom. The van der Waals surface area contributed by atoms with E-state index >= 15 is 0 Å². The molecular weight excluding hydrogens is 514 g/mol. The molecule has 0 bridgehead atoms. The van der Waals surface area contributed by atoms with Crippen LogP contribution in [0.2, 0.25) is 0 Å². The molecule has 1 aromatic rings. The van der Waals surface area contributed by atoms with Crippen LogP contribution in [0.5, 0.6) is 5.75 Å². The van der Waals surface area contributed by atoms with Crippen molar-refractivity contribution in [1.29, 1.82) is 0 Å². The van der Waals surface area contributed by atoms with E-state index in [0.717, 1.165) is 0 Å². The summed E-state index contributed by atoms with van der Waals surface area (Å²) < 4.78 is 45.1. The number of aromatic hydroxyl groups is 1. The first-order valence-electron chi connectivity index (χ1n) is 9.25. The van der Waals surface area contributed by atoms with Gasteiger partial charge in [0, 0.05) is 39.8 Å². The van der Waals surface area contributed by atoms with E-state index in [2.05, 4.69) is 10.3 Å². The standard InChI is InChI=1S/C18H29FN4O4S.HI/c1-14(2)27-10-11-28(25,26)23-8-6-22(7-9-23)18(20-3)21-13-15-4-5-17(24)16(19)12-15;/h4-5,12,14,24H,6-11,13H2,1-3H3,(H,20,21);1H. The number of nitrogens with zero attached hydrogens (tertiary/aromatic N) is 3. The van der Waals surface area contributed by atoms with E-state index in [1.807, 2.05) is 18.7 Å². The maximum Gasteiger partial charge on any atom is 0.216 e. The van der Waals surface area contributed by atoms with Crippen molar-refractivity contribution in [2.24, 2.45) is 4.99 Å². The predicted octanol–water partition coefficient (Wildman–Crippen LogP) is 1.60. The Bertz CT molecular complexity index is 784. The van der Waals surface area contributed by atoms with Gasteiger partial charge in [0.25, 0.3) is 0 Å². The predicted molar refractivity (Wildman–Crippen MR) is 122 cm³/mol. The van der Waals surface area contributed by atoms with Gasteiger partial charge in [-0.3, -0.25) is 4.99 Å². The molecule has 8 nitrogen and oxygen atoms in total. The number of aliphatic imine (C=N–C) groups is 1. The number of hydrogen-bond donors (Lipinski definition) is 2. The summed E-state index contributed by atoms with van der Waals surface area (Å²) in [4.78, 5) is 6.19. The van der Waals surface area contributed by atoms with Crippen molar-refractivity contribution in [3.05, 3.63) is 29.6 Å². The molecule has 2 N–H and O–H groups in total. The van der Waals surface area contributed by atoms with Crippen LogP contribution in [0.1, 0.15) is 19.4 Å². The van der Waals surface area contributed by atoms with Gasteiger partial charge in [-0.25, -0.2) is 12.8 Å². The van der Waals surface area contributed by atoms with Crippen molar-refractivity contribution < 1.29 is 22.7 Å². The van der Waals surface area contributed by atoms with Crippen LogP contribution in [0.15, 0.2) is 23.2 Å². The molecule has 1 heterocycles. The maximum absolute atomic E-state index is 13.4. The summed E-state index contributed by atoms with van der Waals surface area (Å²) in [5, 5.41) is 12.4. The minimum absolute atomic E-state index is 0. The summed E-state index contributed by atoms with van der Waals surface area (Å²) in [6.07, 6.45) is 0.00324. The zero-order chi connectivity index (χ0) is 20.7. The second-order valence-corrected chi connectivity index (χ2v) is 8.90. The molecule has 0 aliphatic carbocycles. The molecule has 1 aliphatic heterocycles. The largest absolute Gasteiger partial charge is 0.505 e. The Kier molecular flexibility index (Phi) is 10.6. The van der Waals surface area contributed by atoms with Gasteiger partial charge >= 0.3 is 0 Å². The van der Waals surface area contributed by atoms with E-state index in [9.17, 15) is 17.9 Å². The molecule has 2 rings (SSSR count). The van der Waals surface area contributed by atoms with Crippen molar-refractivity contribution in [3.63, 3.8) is 0 Å². The molecule has 0 amide bonds. The topological polar surface area (TPSA) is 94.5 Å². The van der Waals surface area contributed by atoms with Crippen LogP contribution in [0, 0.1) is 5.82 Å². The summed E-state index contributed by atoms with van der Waals surface area (Å²) in [5.41, 5.74) is 0.669. The number of nitrogens with one attached hydrogen (secondary N) is 1. The van der Waals surface area contributed by atoms with Crippen molar-refractivity contribution >= 4 is 40.0 Å². The Balaban J connectivity index is 0.00000420. The molecule has 0 atom stereocenters. The molecule has 1 saturated heterocycles. The van der Waals surface area contributed by atoms with Crippen molar-refractivity contribution in [2.45, 2.75) is 26.5 Å². The van der Waals surface area contributed by atoms with Gasteiger partial charge in [-0.15, -0.1) is 24.0 Å². The van der Waals surface area contributed by atoms with Crippen LogP contribution < -0.4 is 5.32 Å². The fraction of sp³-hybridized carbons (Fsp3) is 0.611. The lowest BCUT2D eigenvalue weighted by Gasteiger charge is -2.35. The quantitative estimate of drug-likeness (QED) is 0.308. The Hall–Kier alpha value is -1.18. The fourth-order valence-electron chi connectivity index (χ4n) is 2.87. The average Bonchev–Trinajstić information content (AvgIpc) is 2.65. The number of phenols is 1. The van der Waals surface area contributed by atoms with E-state index in [-0.39, 0.29) is 48.2 Å². The fourth-order valence-corrected chi connectivity index (χ4v) is 4.15. The van der Waals surface area contributed by atoms with Crippen LogP contribution in [0.4, 0.5) is 4.39 Å². The van der Waals surface area contributed by atoms with Gasteiger partial charge in [0.15, 0.2) is 17.5 Å². The number of piperazine rings is 1. The molecule has 11 heteroatoms. The normalized spacial score (nSPS) is 16.0. The van der Waals surface area contributed by atoms with E-state index in [1.54, 1.807) is 13.1 Å². The van der Waals surface area contributed by atoms with Crippen LogP contribution in [-0.2, 0) is 21.3 Å². The monoisotopic (exact) mass is 544 g/mol. The lowest BCUT2D eigenvalue weighted by molar-refractivity contribution is 0.0904. The lowest BCUT2D eigenvalue weighted by atomic mass is 10.2. The number of benzene rings is 1. The number of hydrogen-bond acceptors (Lipinski definition) is 5. The highest BCUT2D eigenvalue weighted by Crippen LogP contribution is 2.16. The smallest absolute Gasteiger partial charge is 0.216 e. The molecule has 0 aromatic heterocycles. The minimum atomic E-state index is -3.34. The van der Waals surface area contributed by atoms with Gasteiger partial charge in [0.05, 0.1) is 18.5 Å². The summed E-state index contributed by atoms with van der Waals surface area (Å²) in [7, 11) is -1.70. The molecule has 0 radical (unpaired) electrons. The van der Waals surface area contributed by atoms with E-state index < -0.39 is 15.8 Å². The van der Waals surface area contributed by atoms with Gasteiger partial charge in [-0.1, -0.05) is 6.07 Å². The summed E-state index contributed by atoms with van der Waals surface area (Å²) in [5.74, 6) is -0.461. The first-order chi connectivity index (χ1) is 13.2. The van der Waals surface area contributed by atoms with Crippen LogP contribution in [0.25, 0.3) is 0 Å². The molecule has 0 spiro atoms. The van der Waals surface area contributed by atoms with Crippen molar-refractivity contribution in [2.75, 3.05) is 45.6 Å². The third-order valence-corrected chi connectivity index (χ3v) is 6.23. The third kappa shape index (κ3) is 7.87. The molecule has 0 unspecified atom stereocenters. The average molecular weight is 544 g/mol. The SMILES string of the molecule is CN=C(NCc1ccc(O)c(F)c1)N1CCN(S(=O)(=O)CCOC(C)C)CC1.I. The summed E-state index contributed by atoms with van der Waals surface area (Å²) in [6, 6.07) is 4.20. The summed E-state index contributed by atoms with van der Waals surface area (Å²) in [6.45, 7) is 6.04. The summed E-state index contributed by atoms with van der Waals surface area (Å²) >= 11 is 0. The third-order valence-electron chi connectivity index (χ3n) is 4.40. The molecule has 1 aliphatic rings. The Morgan fingerprint density at radius 2 is 1.97 bits per heavy atom. The molecule has 1 fully saturated rings. The molecule has 29 heavy (non-hydrogen) atoms. The number of rotatable bonds is 7. The molecule has 0 saturated carbocycles. The van der Waals surface area contributed by atoms with Crippen LogP contribution in [-0.4, -0.2) is 80.4 Å². The van der Waals surface area contributed by atoms with Crippen molar-refractivity contribution in [1.82, 2.24) is 14.5 Å². The number of sulfonamides is 1. The highest BCUT2D eigenvalue weighted by Gasteiger charge is 2.28. The highest BCUT2D eigenvalue weighted by molar-refractivity contribution is 14.0. The van der Waals surface area contributed by atoms with Crippen LogP contribution >= 0.6 is 24.0 Å². The number of ether oxygens (including phenoxy) is 1. The minimum Gasteiger partial charge on any atom is -0.505 e. The highest BCUT2D eigenvalue weighted by atomic mass is 127. The lowest BCUT2D eigenvalue weighted by Crippen LogP contribution is -2.54. The van der Waals surface area contributed by atoms with Crippen LogP contribution in [0.3, 0.4) is 0 Å². The van der Waals surface area contributed by atoms with E-state index in [1.165, 1.54) is 16.4 Å². The first kappa shape index (κ1) is 25.9. The number of halogens is 2. The zero-order valence-corrected chi connectivity index (χ0v) is 20.1. The first-order valence-corrected chi connectivity index (χ1v) is 10.9. The molecule has 1 aromatic carbocycles. The second kappa shape index (κ2) is 11.9. The molecular formula is C18H30FIN4O4S. The Morgan fingerprint density at radius 3 is 2.52 bits per heavy atom. The van der Waals surface area contributed by atoms with Crippen molar-refractivity contribution in [3.8, 4) is 5.75 Å². The van der Waals surface area contributed by atoms with E-state index in [4.69, 9.17) is 4.74 Å². The van der Waals surface area contributed by atoms with Gasteiger partial charge in [-0.2, -0.15) is 4.31 Å². The maximum atomic E-state index is 13.4. The van der Waals surface area contributed by atoms with Gasteiger partial charge in [0.2, 0.25) is 10.0 Å². The Labute approximate surface area is 189 Å². The van der Waals surface area contributed by atoms with E-state index in [0.29, 0.717) is 44.2 Å².